The number of hydrogen-bond donors (Lipinski definition) is 2. The van der Waals surface area contributed by atoms with Gasteiger partial charge in [0.1, 0.15) is 0 Å². The standard InChI is InChI=1S/C25H30N6O2.HI/c1-26-25(29-14-17-3-5-18(6-4-17)15-30-12-10-27-16-30)28-9-2-11-31-23(32)21-19-7-8-20(13-19)22(21)24(31)33;/h3-8,10,12,16,19-22H,2,9,11,13-15H2,1H3,(H2,26,28,29);1H. The summed E-state index contributed by atoms with van der Waals surface area (Å²) in [4.78, 5) is 35.3. The highest BCUT2D eigenvalue weighted by Gasteiger charge is 2.58. The zero-order chi connectivity index (χ0) is 22.8. The summed E-state index contributed by atoms with van der Waals surface area (Å²) in [6.07, 6.45) is 11.5. The Morgan fingerprint density at radius 1 is 1.06 bits per heavy atom. The fourth-order valence-electron chi connectivity index (χ4n) is 5.39. The molecule has 0 radical (unpaired) electrons. The number of aromatic nitrogens is 2. The Hall–Kier alpha value is -2.69. The largest absolute Gasteiger partial charge is 0.356 e. The predicted molar refractivity (Wildman–Crippen MR) is 140 cm³/mol. The Labute approximate surface area is 216 Å². The molecular formula is C25H31IN6O2. The van der Waals surface area contributed by atoms with Crippen LogP contribution < -0.4 is 10.6 Å². The number of fused-ring (bicyclic) bond motifs is 5. The Bertz CT molecular complexity index is 1040. The van der Waals surface area contributed by atoms with Crippen LogP contribution in [0.4, 0.5) is 0 Å². The number of nitrogens with one attached hydrogen (secondary N) is 2. The van der Waals surface area contributed by atoms with Crippen molar-refractivity contribution in [3.63, 3.8) is 0 Å². The normalized spacial score (nSPS) is 25.0. The lowest BCUT2D eigenvalue weighted by molar-refractivity contribution is -0.140. The van der Waals surface area contributed by atoms with Gasteiger partial charge in [0.15, 0.2) is 5.96 Å². The molecule has 2 fully saturated rings. The summed E-state index contributed by atoms with van der Waals surface area (Å²) in [7, 11) is 1.74. The third-order valence-electron chi connectivity index (χ3n) is 7.04. The predicted octanol–water partition coefficient (Wildman–Crippen LogP) is 2.41. The van der Waals surface area contributed by atoms with Crippen molar-refractivity contribution in [1.29, 1.82) is 0 Å². The van der Waals surface area contributed by atoms with Crippen LogP contribution in [0, 0.1) is 23.7 Å². The minimum absolute atomic E-state index is 0. The van der Waals surface area contributed by atoms with Crippen LogP contribution in [0.25, 0.3) is 0 Å². The molecule has 3 aliphatic rings. The van der Waals surface area contributed by atoms with E-state index in [1.54, 1.807) is 13.2 Å². The quantitative estimate of drug-likeness (QED) is 0.126. The molecule has 1 aromatic carbocycles. The molecule has 34 heavy (non-hydrogen) atoms. The number of guanidine groups is 1. The number of amides is 2. The van der Waals surface area contributed by atoms with Gasteiger partial charge in [-0.15, -0.1) is 24.0 Å². The number of rotatable bonds is 8. The molecule has 4 atom stereocenters. The Morgan fingerprint density at radius 3 is 2.35 bits per heavy atom. The number of imide groups is 1. The minimum atomic E-state index is -0.110. The molecule has 180 valence electrons. The highest BCUT2D eigenvalue weighted by atomic mass is 127. The zero-order valence-corrected chi connectivity index (χ0v) is 21.6. The van der Waals surface area contributed by atoms with Gasteiger partial charge in [0.25, 0.3) is 0 Å². The van der Waals surface area contributed by atoms with Gasteiger partial charge < -0.3 is 15.2 Å². The van der Waals surface area contributed by atoms with E-state index < -0.39 is 0 Å². The van der Waals surface area contributed by atoms with Crippen molar-refractivity contribution in [2.24, 2.45) is 28.7 Å². The van der Waals surface area contributed by atoms with E-state index in [0.29, 0.717) is 32.0 Å². The number of halogens is 1. The lowest BCUT2D eigenvalue weighted by atomic mass is 9.85. The molecule has 9 heteroatoms. The van der Waals surface area contributed by atoms with Crippen molar-refractivity contribution in [1.82, 2.24) is 25.1 Å². The molecule has 5 rings (SSSR count). The summed E-state index contributed by atoms with van der Waals surface area (Å²) in [5, 5.41) is 6.60. The van der Waals surface area contributed by atoms with Crippen LogP contribution in [0.3, 0.4) is 0 Å². The van der Waals surface area contributed by atoms with E-state index in [2.05, 4.69) is 57.0 Å². The van der Waals surface area contributed by atoms with E-state index in [1.165, 1.54) is 10.5 Å². The third-order valence-corrected chi connectivity index (χ3v) is 7.04. The number of hydrogen-bond acceptors (Lipinski definition) is 4. The second kappa shape index (κ2) is 10.7. The maximum absolute atomic E-state index is 12.8. The lowest BCUT2D eigenvalue weighted by Gasteiger charge is -2.18. The van der Waals surface area contributed by atoms with Gasteiger partial charge in [-0.05, 0) is 35.8 Å². The first-order chi connectivity index (χ1) is 16.1. The Morgan fingerprint density at radius 2 is 1.74 bits per heavy atom. The summed E-state index contributed by atoms with van der Waals surface area (Å²) < 4.78 is 2.04. The van der Waals surface area contributed by atoms with Crippen molar-refractivity contribution < 1.29 is 9.59 Å². The molecule has 8 nitrogen and oxygen atoms in total. The number of aliphatic imine (C=N–C) groups is 1. The fraction of sp³-hybridized carbons (Fsp3) is 0.440. The van der Waals surface area contributed by atoms with E-state index in [9.17, 15) is 9.59 Å². The van der Waals surface area contributed by atoms with Crippen LogP contribution in [-0.4, -0.2) is 52.4 Å². The first-order valence-electron chi connectivity index (χ1n) is 11.7. The van der Waals surface area contributed by atoms with Crippen molar-refractivity contribution in [3.8, 4) is 0 Å². The van der Waals surface area contributed by atoms with Gasteiger partial charge in [-0.1, -0.05) is 36.4 Å². The molecule has 2 aliphatic carbocycles. The van der Waals surface area contributed by atoms with Gasteiger partial charge in [-0.3, -0.25) is 19.5 Å². The molecule has 2 aromatic rings. The van der Waals surface area contributed by atoms with Crippen LogP contribution in [0.2, 0.25) is 0 Å². The molecule has 1 aromatic heterocycles. The average molecular weight is 574 g/mol. The summed E-state index contributed by atoms with van der Waals surface area (Å²) in [6, 6.07) is 8.45. The summed E-state index contributed by atoms with van der Waals surface area (Å²) in [5.41, 5.74) is 2.38. The van der Waals surface area contributed by atoms with Crippen LogP contribution in [-0.2, 0) is 22.7 Å². The molecule has 2 amide bonds. The van der Waals surface area contributed by atoms with Crippen LogP contribution in [0.5, 0.6) is 0 Å². The molecular weight excluding hydrogens is 543 g/mol. The van der Waals surface area contributed by atoms with Gasteiger partial charge in [0.2, 0.25) is 11.8 Å². The highest BCUT2D eigenvalue weighted by Crippen LogP contribution is 2.52. The third kappa shape index (κ3) is 4.89. The topological polar surface area (TPSA) is 91.6 Å². The Balaban J connectivity index is 0.00000274. The van der Waals surface area contributed by atoms with Gasteiger partial charge in [-0.25, -0.2) is 4.98 Å². The zero-order valence-electron chi connectivity index (χ0n) is 19.3. The summed E-state index contributed by atoms with van der Waals surface area (Å²) in [5.74, 6) is 1.07. The first-order valence-corrected chi connectivity index (χ1v) is 11.7. The van der Waals surface area contributed by atoms with E-state index >= 15 is 0 Å². The van der Waals surface area contributed by atoms with E-state index in [4.69, 9.17) is 0 Å². The number of carbonyl (C=O) groups excluding carboxylic acids is 2. The highest BCUT2D eigenvalue weighted by molar-refractivity contribution is 14.0. The number of carbonyl (C=O) groups is 2. The molecule has 1 aliphatic heterocycles. The fourth-order valence-corrected chi connectivity index (χ4v) is 5.39. The second-order valence-electron chi connectivity index (χ2n) is 9.09. The van der Waals surface area contributed by atoms with Crippen molar-refractivity contribution in [3.05, 3.63) is 66.3 Å². The van der Waals surface area contributed by atoms with E-state index in [1.807, 2.05) is 17.1 Å². The molecule has 1 saturated carbocycles. The number of imidazole rings is 1. The molecule has 2 heterocycles. The monoisotopic (exact) mass is 574 g/mol. The number of allylic oxidation sites excluding steroid dienone is 2. The Kier molecular flexibility index (Phi) is 7.70. The van der Waals surface area contributed by atoms with E-state index in [-0.39, 0.29) is 59.5 Å². The SMILES string of the molecule is CN=C(NCCCN1C(=O)C2C3C=CC(C3)C2C1=O)NCc1ccc(Cn2ccnc2)cc1.I. The van der Waals surface area contributed by atoms with Crippen LogP contribution in [0.1, 0.15) is 24.0 Å². The molecule has 2 N–H and O–H groups in total. The van der Waals surface area contributed by atoms with Crippen LogP contribution in [0.15, 0.2) is 60.1 Å². The maximum Gasteiger partial charge on any atom is 0.233 e. The molecule has 0 spiro atoms. The molecule has 1 saturated heterocycles. The maximum atomic E-state index is 12.8. The van der Waals surface area contributed by atoms with Crippen molar-refractivity contribution in [2.45, 2.75) is 25.9 Å². The van der Waals surface area contributed by atoms with Crippen LogP contribution >= 0.6 is 24.0 Å². The van der Waals surface area contributed by atoms with Gasteiger partial charge in [-0.2, -0.15) is 0 Å². The number of nitrogens with zero attached hydrogens (tertiary/aromatic N) is 4. The minimum Gasteiger partial charge on any atom is -0.356 e. The van der Waals surface area contributed by atoms with Crippen molar-refractivity contribution in [2.75, 3.05) is 20.1 Å². The smallest absolute Gasteiger partial charge is 0.233 e. The summed E-state index contributed by atoms with van der Waals surface area (Å²) in [6.45, 7) is 2.57. The van der Waals surface area contributed by atoms with Gasteiger partial charge in [0.05, 0.1) is 18.2 Å². The number of benzene rings is 1. The summed E-state index contributed by atoms with van der Waals surface area (Å²) >= 11 is 0. The molecule has 2 bridgehead atoms. The molecule has 4 unspecified atom stereocenters. The average Bonchev–Trinajstić information content (AvgIpc) is 3.62. The second-order valence-corrected chi connectivity index (χ2v) is 9.09. The first kappa shape index (κ1) is 24.4. The van der Waals surface area contributed by atoms with Gasteiger partial charge in [0, 0.05) is 45.6 Å². The van der Waals surface area contributed by atoms with E-state index in [0.717, 1.165) is 18.5 Å². The van der Waals surface area contributed by atoms with Gasteiger partial charge >= 0.3 is 0 Å². The lowest BCUT2D eigenvalue weighted by Crippen LogP contribution is -2.39. The van der Waals surface area contributed by atoms with Crippen molar-refractivity contribution >= 4 is 41.8 Å². The number of likely N-dealkylation sites (tertiary alicyclic amines) is 1.